The van der Waals surface area contributed by atoms with E-state index in [-0.39, 0.29) is 23.7 Å². The zero-order chi connectivity index (χ0) is 19.1. The van der Waals surface area contributed by atoms with Crippen molar-refractivity contribution in [3.05, 3.63) is 52.5 Å². The lowest BCUT2D eigenvalue weighted by Gasteiger charge is -2.42. The second-order valence-corrected chi connectivity index (χ2v) is 8.71. The Morgan fingerprint density at radius 3 is 2.96 bits per heavy atom. The summed E-state index contributed by atoms with van der Waals surface area (Å²) in [5.74, 6) is 0.0917. The van der Waals surface area contributed by atoms with Crippen LogP contribution in [0.25, 0.3) is 0 Å². The van der Waals surface area contributed by atoms with E-state index in [4.69, 9.17) is 4.74 Å². The SMILES string of the molecule is O=C(C1CC1)N1C[C@@H](c2cccnc2)[C@]2(C1)OCCN(Cc1ccsc1)C2=O. The highest BCUT2D eigenvalue weighted by Gasteiger charge is 2.58. The van der Waals surface area contributed by atoms with Gasteiger partial charge in [0.25, 0.3) is 5.91 Å². The van der Waals surface area contributed by atoms with Crippen LogP contribution in [0.3, 0.4) is 0 Å². The first-order valence-corrected chi connectivity index (χ1v) is 10.7. The first-order valence-electron chi connectivity index (χ1n) is 9.80. The quantitative estimate of drug-likeness (QED) is 0.794. The van der Waals surface area contributed by atoms with Gasteiger partial charge < -0.3 is 14.5 Å². The molecule has 1 saturated carbocycles. The van der Waals surface area contributed by atoms with E-state index in [2.05, 4.69) is 16.4 Å². The van der Waals surface area contributed by atoms with E-state index in [0.29, 0.717) is 32.8 Å². The number of amides is 2. The fourth-order valence-electron chi connectivity index (χ4n) is 4.42. The molecule has 2 atom stereocenters. The van der Waals surface area contributed by atoms with Crippen LogP contribution in [-0.4, -0.2) is 58.4 Å². The Labute approximate surface area is 168 Å². The molecule has 0 bridgehead atoms. The van der Waals surface area contributed by atoms with Crippen LogP contribution < -0.4 is 0 Å². The number of likely N-dealkylation sites (tertiary alicyclic amines) is 1. The molecule has 2 aromatic heterocycles. The standard InChI is InChI=1S/C21H23N3O3S/c25-19(16-3-4-16)24-12-18(17-2-1-6-22-10-17)21(14-24)20(26)23(7-8-27-21)11-15-5-9-28-13-15/h1-2,5-6,9-10,13,16,18H,3-4,7-8,11-12,14H2/t18-,21-/m0/s1. The first kappa shape index (κ1) is 17.8. The van der Waals surface area contributed by atoms with Gasteiger partial charge in [0.2, 0.25) is 5.91 Å². The maximum absolute atomic E-state index is 13.7. The van der Waals surface area contributed by atoms with Crippen LogP contribution in [0.15, 0.2) is 41.4 Å². The van der Waals surface area contributed by atoms with Gasteiger partial charge >= 0.3 is 0 Å². The third-order valence-electron chi connectivity index (χ3n) is 6.04. The number of nitrogens with zero attached hydrogens (tertiary/aromatic N) is 3. The highest BCUT2D eigenvalue weighted by molar-refractivity contribution is 7.07. The van der Waals surface area contributed by atoms with Gasteiger partial charge in [0.1, 0.15) is 0 Å². The van der Waals surface area contributed by atoms with Crippen molar-refractivity contribution in [2.45, 2.75) is 30.9 Å². The van der Waals surface area contributed by atoms with Gasteiger partial charge in [0, 0.05) is 43.9 Å². The fraction of sp³-hybridized carbons (Fsp3) is 0.476. The van der Waals surface area contributed by atoms with Gasteiger partial charge in [-0.3, -0.25) is 14.6 Å². The zero-order valence-corrected chi connectivity index (χ0v) is 16.4. The number of pyridine rings is 1. The van der Waals surface area contributed by atoms with Crippen LogP contribution in [0, 0.1) is 5.92 Å². The molecule has 0 radical (unpaired) electrons. The predicted molar refractivity (Wildman–Crippen MR) is 105 cm³/mol. The fourth-order valence-corrected chi connectivity index (χ4v) is 5.08. The molecule has 2 amide bonds. The lowest BCUT2D eigenvalue weighted by atomic mass is 9.83. The van der Waals surface area contributed by atoms with Crippen LogP contribution in [0.4, 0.5) is 0 Å². The third-order valence-corrected chi connectivity index (χ3v) is 6.77. The molecule has 146 valence electrons. The molecule has 1 aliphatic carbocycles. The average Bonchev–Trinajstić information content (AvgIpc) is 3.31. The number of ether oxygens (including phenoxy) is 1. The normalized spacial score (nSPS) is 27.6. The summed E-state index contributed by atoms with van der Waals surface area (Å²) in [7, 11) is 0. The Bertz CT molecular complexity index is 868. The molecule has 7 heteroatoms. The molecule has 4 heterocycles. The molecule has 28 heavy (non-hydrogen) atoms. The molecule has 2 saturated heterocycles. The molecule has 1 spiro atoms. The molecule has 2 aliphatic heterocycles. The van der Waals surface area contributed by atoms with Crippen molar-refractivity contribution in [3.8, 4) is 0 Å². The van der Waals surface area contributed by atoms with Crippen molar-refractivity contribution in [3.63, 3.8) is 0 Å². The van der Waals surface area contributed by atoms with Crippen LogP contribution in [0.1, 0.15) is 29.9 Å². The Kier molecular flexibility index (Phi) is 4.44. The number of thiophene rings is 1. The number of hydrogen-bond donors (Lipinski definition) is 0. The van der Waals surface area contributed by atoms with Crippen LogP contribution in [0.2, 0.25) is 0 Å². The van der Waals surface area contributed by atoms with Gasteiger partial charge in [-0.15, -0.1) is 0 Å². The van der Waals surface area contributed by atoms with Crippen molar-refractivity contribution < 1.29 is 14.3 Å². The Morgan fingerprint density at radius 2 is 2.25 bits per heavy atom. The van der Waals surface area contributed by atoms with E-state index < -0.39 is 5.60 Å². The Balaban J connectivity index is 1.47. The van der Waals surface area contributed by atoms with Crippen LogP contribution in [-0.2, 0) is 20.9 Å². The van der Waals surface area contributed by atoms with E-state index in [1.807, 2.05) is 27.3 Å². The van der Waals surface area contributed by atoms with Crippen LogP contribution in [0.5, 0.6) is 0 Å². The summed E-state index contributed by atoms with van der Waals surface area (Å²) in [5.41, 5.74) is 1.08. The largest absolute Gasteiger partial charge is 0.361 e. The van der Waals surface area contributed by atoms with E-state index >= 15 is 0 Å². The lowest BCUT2D eigenvalue weighted by molar-refractivity contribution is -0.173. The lowest BCUT2D eigenvalue weighted by Crippen LogP contribution is -2.60. The maximum atomic E-state index is 13.7. The summed E-state index contributed by atoms with van der Waals surface area (Å²) in [5, 5.41) is 4.10. The molecule has 2 aromatic rings. The average molecular weight is 398 g/mol. The summed E-state index contributed by atoms with van der Waals surface area (Å²) in [6.07, 6.45) is 5.44. The van der Waals surface area contributed by atoms with Crippen molar-refractivity contribution in [2.24, 2.45) is 5.92 Å². The van der Waals surface area contributed by atoms with E-state index in [9.17, 15) is 9.59 Å². The van der Waals surface area contributed by atoms with Crippen molar-refractivity contribution >= 4 is 23.2 Å². The zero-order valence-electron chi connectivity index (χ0n) is 15.6. The molecule has 0 aromatic carbocycles. The minimum atomic E-state index is -1.01. The molecule has 6 nitrogen and oxygen atoms in total. The minimum absolute atomic E-state index is 0.00935. The number of hydrogen-bond acceptors (Lipinski definition) is 5. The molecule has 3 aliphatic rings. The number of aromatic nitrogens is 1. The maximum Gasteiger partial charge on any atom is 0.257 e. The molecule has 5 rings (SSSR count). The summed E-state index contributed by atoms with van der Waals surface area (Å²) < 4.78 is 6.23. The van der Waals surface area contributed by atoms with Gasteiger partial charge in [-0.25, -0.2) is 0 Å². The highest BCUT2D eigenvalue weighted by atomic mass is 32.1. The van der Waals surface area contributed by atoms with Crippen molar-refractivity contribution in [1.82, 2.24) is 14.8 Å². The first-order chi connectivity index (χ1) is 13.7. The number of morpholine rings is 1. The monoisotopic (exact) mass is 397 g/mol. The van der Waals surface area contributed by atoms with Gasteiger partial charge in [-0.2, -0.15) is 11.3 Å². The number of carbonyl (C=O) groups excluding carboxylic acids is 2. The van der Waals surface area contributed by atoms with Crippen LogP contribution >= 0.6 is 11.3 Å². The van der Waals surface area contributed by atoms with E-state index in [1.54, 1.807) is 23.7 Å². The van der Waals surface area contributed by atoms with E-state index in [0.717, 1.165) is 24.0 Å². The minimum Gasteiger partial charge on any atom is -0.361 e. The van der Waals surface area contributed by atoms with Gasteiger partial charge in [-0.1, -0.05) is 6.07 Å². The smallest absolute Gasteiger partial charge is 0.257 e. The van der Waals surface area contributed by atoms with Gasteiger partial charge in [0.15, 0.2) is 5.60 Å². The summed E-state index contributed by atoms with van der Waals surface area (Å²) in [6, 6.07) is 5.92. The van der Waals surface area contributed by atoms with Crippen molar-refractivity contribution in [1.29, 1.82) is 0 Å². The number of rotatable bonds is 4. The molecule has 0 unspecified atom stereocenters. The number of carbonyl (C=O) groups is 2. The molecule has 0 N–H and O–H groups in total. The Morgan fingerprint density at radius 1 is 1.36 bits per heavy atom. The molecular weight excluding hydrogens is 374 g/mol. The predicted octanol–water partition coefficient (Wildman–Crippen LogP) is 2.28. The highest BCUT2D eigenvalue weighted by Crippen LogP contribution is 2.44. The van der Waals surface area contributed by atoms with Crippen molar-refractivity contribution in [2.75, 3.05) is 26.2 Å². The summed E-state index contributed by atoms with van der Waals surface area (Å²) in [4.78, 5) is 34.4. The topological polar surface area (TPSA) is 62.7 Å². The van der Waals surface area contributed by atoms with Gasteiger partial charge in [-0.05, 0) is 46.9 Å². The molecule has 3 fully saturated rings. The Hall–Kier alpha value is -2.25. The summed E-state index contributed by atoms with van der Waals surface area (Å²) in [6.45, 7) is 2.49. The van der Waals surface area contributed by atoms with E-state index in [1.165, 1.54) is 0 Å². The second kappa shape index (κ2) is 6.97. The molecular formula is C21H23N3O3S. The second-order valence-electron chi connectivity index (χ2n) is 7.93. The summed E-state index contributed by atoms with van der Waals surface area (Å²) >= 11 is 1.63. The van der Waals surface area contributed by atoms with Gasteiger partial charge in [0.05, 0.1) is 13.2 Å². The third kappa shape index (κ3) is 3.02.